The molecule has 33 heavy (non-hydrogen) atoms. The molecule has 164 valence electrons. The first-order valence-corrected chi connectivity index (χ1v) is 12.5. The molecule has 2 aromatic carbocycles. The number of pyridine rings is 2. The van der Waals surface area contributed by atoms with Gasteiger partial charge in [0.25, 0.3) is 0 Å². The number of fused-ring (bicyclic) bond motifs is 2. The predicted octanol–water partition coefficient (Wildman–Crippen LogP) is 5.20. The lowest BCUT2D eigenvalue weighted by Crippen LogP contribution is -2.10. The van der Waals surface area contributed by atoms with Gasteiger partial charge < -0.3 is 4.98 Å². The third kappa shape index (κ3) is 3.67. The molecule has 1 unspecified atom stereocenters. The fourth-order valence-corrected chi connectivity index (χ4v) is 6.01. The molecule has 0 aliphatic heterocycles. The Hall–Kier alpha value is -3.29. The van der Waals surface area contributed by atoms with Gasteiger partial charge in [0, 0.05) is 44.0 Å². The molecule has 0 saturated heterocycles. The molecular weight excluding hydrogens is 456 g/mol. The van der Waals surface area contributed by atoms with Crippen molar-refractivity contribution < 1.29 is 4.21 Å². The number of benzene rings is 2. The molecule has 8 heteroatoms. The molecule has 0 spiro atoms. The van der Waals surface area contributed by atoms with Gasteiger partial charge in [-0.1, -0.05) is 41.9 Å². The maximum absolute atomic E-state index is 13.1. The van der Waals surface area contributed by atoms with Crippen LogP contribution in [0.25, 0.3) is 44.3 Å². The zero-order valence-electron chi connectivity index (χ0n) is 17.5. The molecule has 1 fully saturated rings. The van der Waals surface area contributed by atoms with Gasteiger partial charge in [-0.15, -0.1) is 0 Å². The highest BCUT2D eigenvalue weighted by Crippen LogP contribution is 2.41. The van der Waals surface area contributed by atoms with Gasteiger partial charge in [-0.2, -0.15) is 5.10 Å². The van der Waals surface area contributed by atoms with E-state index in [4.69, 9.17) is 16.6 Å². The van der Waals surface area contributed by atoms with E-state index in [0.29, 0.717) is 22.1 Å². The first-order chi connectivity index (χ1) is 16.1. The maximum Gasteiger partial charge on any atom is 0.249 e. The Labute approximate surface area is 196 Å². The van der Waals surface area contributed by atoms with Crippen molar-refractivity contribution in [2.75, 3.05) is 0 Å². The summed E-state index contributed by atoms with van der Waals surface area (Å²) >= 11 is 6.61. The van der Waals surface area contributed by atoms with Crippen LogP contribution in [-0.2, 0) is 16.6 Å². The van der Waals surface area contributed by atoms with E-state index in [9.17, 15) is 9.00 Å². The molecule has 3 aromatic heterocycles. The van der Waals surface area contributed by atoms with Gasteiger partial charge in [0.05, 0.1) is 28.2 Å². The second-order valence-corrected chi connectivity index (χ2v) is 10.4. The number of hydrogen-bond donors (Lipinski definition) is 2. The largest absolute Gasteiger partial charge is 0.307 e. The van der Waals surface area contributed by atoms with Gasteiger partial charge in [0.15, 0.2) is 0 Å². The molecule has 6 nitrogen and oxygen atoms in total. The summed E-state index contributed by atoms with van der Waals surface area (Å²) in [6, 6.07) is 17.0. The zero-order valence-corrected chi connectivity index (χ0v) is 19.0. The van der Waals surface area contributed by atoms with Crippen molar-refractivity contribution in [3.05, 3.63) is 81.7 Å². The van der Waals surface area contributed by atoms with Crippen LogP contribution in [0, 0.1) is 0 Å². The first kappa shape index (κ1) is 20.3. The smallest absolute Gasteiger partial charge is 0.249 e. The molecular formula is C25H19ClN4O2S. The van der Waals surface area contributed by atoms with Crippen molar-refractivity contribution in [1.29, 1.82) is 0 Å². The Bertz CT molecular complexity index is 1610. The topological polar surface area (TPSA) is 91.5 Å². The summed E-state index contributed by atoms with van der Waals surface area (Å²) in [5.41, 5.74) is 5.30. The van der Waals surface area contributed by atoms with Crippen LogP contribution >= 0.6 is 11.6 Å². The van der Waals surface area contributed by atoms with Crippen LogP contribution < -0.4 is 5.56 Å². The number of aromatic amines is 2. The molecule has 1 atom stereocenters. The predicted molar refractivity (Wildman–Crippen MR) is 133 cm³/mol. The summed E-state index contributed by atoms with van der Waals surface area (Å²) in [5.74, 6) is 0.381. The van der Waals surface area contributed by atoms with E-state index in [1.165, 1.54) is 6.07 Å². The standard InChI is InChI=1S/C25H19ClN4O2S/c26-20-11-15(10-16-12-27-30-23(16)20)22-19(13-33(32)17-6-7-17)18-8-9-21(31)28-25(18)29-24(22)14-4-2-1-3-5-14/h1-5,8-12,17H,6-7,13H2,(H,27,30)(H,28,29,31). The zero-order chi connectivity index (χ0) is 22.5. The summed E-state index contributed by atoms with van der Waals surface area (Å²) in [4.78, 5) is 19.9. The molecule has 6 rings (SSSR count). The van der Waals surface area contributed by atoms with E-state index in [2.05, 4.69) is 15.2 Å². The second kappa shape index (κ2) is 7.93. The van der Waals surface area contributed by atoms with E-state index in [-0.39, 0.29) is 10.8 Å². The van der Waals surface area contributed by atoms with Crippen LogP contribution in [0.15, 0.2) is 65.6 Å². The third-order valence-electron chi connectivity index (χ3n) is 6.00. The summed E-state index contributed by atoms with van der Waals surface area (Å²) in [6.07, 6.45) is 3.71. The molecule has 1 aliphatic rings. The number of nitrogens with one attached hydrogen (secondary N) is 2. The summed E-state index contributed by atoms with van der Waals surface area (Å²) < 4.78 is 13.1. The van der Waals surface area contributed by atoms with E-state index >= 15 is 0 Å². The monoisotopic (exact) mass is 474 g/mol. The quantitative estimate of drug-likeness (QED) is 0.366. The van der Waals surface area contributed by atoms with Crippen molar-refractivity contribution in [1.82, 2.24) is 20.2 Å². The van der Waals surface area contributed by atoms with Gasteiger partial charge >= 0.3 is 0 Å². The number of nitrogens with zero attached hydrogens (tertiary/aromatic N) is 2. The van der Waals surface area contributed by atoms with Gasteiger partial charge in [0.2, 0.25) is 5.56 Å². The van der Waals surface area contributed by atoms with Crippen molar-refractivity contribution in [2.24, 2.45) is 0 Å². The van der Waals surface area contributed by atoms with E-state index in [0.717, 1.165) is 51.4 Å². The molecule has 2 N–H and O–H groups in total. The lowest BCUT2D eigenvalue weighted by atomic mass is 9.92. The lowest BCUT2D eigenvalue weighted by Gasteiger charge is -2.18. The second-order valence-electron chi connectivity index (χ2n) is 8.28. The molecule has 5 aromatic rings. The van der Waals surface area contributed by atoms with Crippen molar-refractivity contribution in [3.63, 3.8) is 0 Å². The average Bonchev–Trinajstić information content (AvgIpc) is 3.56. The average molecular weight is 475 g/mol. The number of rotatable bonds is 5. The van der Waals surface area contributed by atoms with Crippen LogP contribution in [0.1, 0.15) is 18.4 Å². The number of halogens is 1. The summed E-state index contributed by atoms with van der Waals surface area (Å²) in [6.45, 7) is 0. The Balaban J connectivity index is 1.72. The number of H-pyrrole nitrogens is 2. The van der Waals surface area contributed by atoms with Crippen molar-refractivity contribution >= 4 is 44.3 Å². The minimum Gasteiger partial charge on any atom is -0.307 e. The van der Waals surface area contributed by atoms with E-state index < -0.39 is 10.8 Å². The third-order valence-corrected chi connectivity index (χ3v) is 8.09. The van der Waals surface area contributed by atoms with Crippen LogP contribution in [0.4, 0.5) is 0 Å². The molecule has 1 saturated carbocycles. The minimum atomic E-state index is -1.02. The summed E-state index contributed by atoms with van der Waals surface area (Å²) in [5, 5.41) is 9.51. The van der Waals surface area contributed by atoms with Crippen LogP contribution in [0.5, 0.6) is 0 Å². The lowest BCUT2D eigenvalue weighted by molar-refractivity contribution is 0.682. The Kier molecular flexibility index (Phi) is 4.89. The fraction of sp³-hybridized carbons (Fsp3) is 0.160. The fourth-order valence-electron chi connectivity index (χ4n) is 4.26. The first-order valence-electron chi connectivity index (χ1n) is 10.7. The van der Waals surface area contributed by atoms with E-state index in [1.54, 1.807) is 12.3 Å². The SMILES string of the molecule is O=c1ccc2c(CS(=O)C3CC3)c(-c3cc(Cl)c4[nH]ncc4c3)c(-c3ccccc3)nc2[nH]1. The molecule has 3 heterocycles. The Morgan fingerprint density at radius 1 is 1.06 bits per heavy atom. The number of aromatic nitrogens is 4. The molecule has 0 amide bonds. The highest BCUT2D eigenvalue weighted by molar-refractivity contribution is 7.85. The van der Waals surface area contributed by atoms with Crippen molar-refractivity contribution in [2.45, 2.75) is 23.8 Å². The summed E-state index contributed by atoms with van der Waals surface area (Å²) in [7, 11) is -1.02. The highest BCUT2D eigenvalue weighted by atomic mass is 35.5. The van der Waals surface area contributed by atoms with Crippen LogP contribution in [0.3, 0.4) is 0 Å². The molecule has 1 aliphatic carbocycles. The number of hydrogen-bond acceptors (Lipinski definition) is 4. The van der Waals surface area contributed by atoms with Gasteiger partial charge in [-0.3, -0.25) is 14.1 Å². The van der Waals surface area contributed by atoms with E-state index in [1.807, 2.05) is 42.5 Å². The van der Waals surface area contributed by atoms with Crippen LogP contribution in [-0.4, -0.2) is 29.6 Å². The van der Waals surface area contributed by atoms with Gasteiger partial charge in [0.1, 0.15) is 5.65 Å². The van der Waals surface area contributed by atoms with Gasteiger partial charge in [-0.05, 0) is 42.2 Å². The van der Waals surface area contributed by atoms with Crippen LogP contribution in [0.2, 0.25) is 5.02 Å². The Morgan fingerprint density at radius 3 is 2.67 bits per heavy atom. The maximum atomic E-state index is 13.1. The molecule has 0 radical (unpaired) electrons. The Morgan fingerprint density at radius 2 is 1.88 bits per heavy atom. The highest BCUT2D eigenvalue weighted by Gasteiger charge is 2.30. The van der Waals surface area contributed by atoms with Gasteiger partial charge in [-0.25, -0.2) is 4.98 Å². The molecule has 0 bridgehead atoms. The normalized spacial score (nSPS) is 14.7. The minimum absolute atomic E-state index is 0.223. The van der Waals surface area contributed by atoms with Crippen molar-refractivity contribution in [3.8, 4) is 22.4 Å².